The fourth-order valence-corrected chi connectivity index (χ4v) is 2.04. The average Bonchev–Trinajstić information content (AvgIpc) is 2.69. The Hall–Kier alpha value is -1.75. The third kappa shape index (κ3) is 2.26. The van der Waals surface area contributed by atoms with Crippen molar-refractivity contribution in [3.8, 4) is 5.82 Å². The number of nitrogens with one attached hydrogen (secondary N) is 1. The Morgan fingerprint density at radius 3 is 2.56 bits per heavy atom. The summed E-state index contributed by atoms with van der Waals surface area (Å²) in [5, 5.41) is 7.65. The summed E-state index contributed by atoms with van der Waals surface area (Å²) in [5.74, 6) is 1.59. The molecule has 2 aromatic heterocycles. The lowest BCUT2D eigenvalue weighted by molar-refractivity contribution is 0.646. The van der Waals surface area contributed by atoms with E-state index in [1.54, 1.807) is 0 Å². The Bertz CT molecular complexity index is 538. The van der Waals surface area contributed by atoms with Crippen LogP contribution in [0.5, 0.6) is 0 Å². The van der Waals surface area contributed by atoms with Crippen LogP contribution >= 0.6 is 0 Å². The lowest BCUT2D eigenvalue weighted by Crippen LogP contribution is -2.13. The van der Waals surface area contributed by atoms with Gasteiger partial charge in [0.1, 0.15) is 5.82 Å². The first kappa shape index (κ1) is 12.7. The molecule has 0 amide bonds. The molecule has 5 nitrogen and oxygen atoms in total. The van der Waals surface area contributed by atoms with E-state index in [1.807, 2.05) is 37.8 Å². The number of rotatable bonds is 3. The summed E-state index contributed by atoms with van der Waals surface area (Å²) < 4.78 is 1.87. The molecule has 0 spiro atoms. The molecule has 0 aliphatic carbocycles. The van der Waals surface area contributed by atoms with Crippen LogP contribution in [0.15, 0.2) is 12.3 Å². The van der Waals surface area contributed by atoms with Crippen LogP contribution in [0, 0.1) is 20.8 Å². The van der Waals surface area contributed by atoms with Crippen molar-refractivity contribution >= 4 is 0 Å². The standard InChI is InChI=1S/C13H19N5/c1-8-6-13(17-11(4)16-8)18-10(3)12(7-15-18)9(2)14-5/h6-7,9,14H,1-5H3. The van der Waals surface area contributed by atoms with Crippen LogP contribution in [-0.2, 0) is 0 Å². The highest BCUT2D eigenvalue weighted by molar-refractivity contribution is 5.31. The van der Waals surface area contributed by atoms with E-state index >= 15 is 0 Å². The number of hydrogen-bond donors (Lipinski definition) is 1. The van der Waals surface area contributed by atoms with Gasteiger partial charge in [0.2, 0.25) is 0 Å². The van der Waals surface area contributed by atoms with Crippen molar-refractivity contribution in [1.82, 2.24) is 25.1 Å². The Kier molecular flexibility index (Phi) is 3.43. The van der Waals surface area contributed by atoms with E-state index in [2.05, 4.69) is 34.2 Å². The molecule has 0 saturated carbocycles. The maximum Gasteiger partial charge on any atom is 0.157 e. The summed E-state index contributed by atoms with van der Waals surface area (Å²) in [6.45, 7) is 8.04. The molecule has 2 aromatic rings. The molecule has 0 fully saturated rings. The predicted molar refractivity (Wildman–Crippen MR) is 70.8 cm³/mol. The normalized spacial score (nSPS) is 12.7. The molecule has 96 valence electrons. The maximum absolute atomic E-state index is 4.43. The first-order valence-corrected chi connectivity index (χ1v) is 6.07. The minimum atomic E-state index is 0.280. The molecule has 0 aromatic carbocycles. The van der Waals surface area contributed by atoms with Gasteiger partial charge < -0.3 is 5.32 Å². The molecule has 2 heterocycles. The Labute approximate surface area is 107 Å². The minimum Gasteiger partial charge on any atom is -0.313 e. The van der Waals surface area contributed by atoms with Gasteiger partial charge in [-0.1, -0.05) is 0 Å². The summed E-state index contributed by atoms with van der Waals surface area (Å²) in [6.07, 6.45) is 1.89. The second kappa shape index (κ2) is 4.86. The lowest BCUT2D eigenvalue weighted by atomic mass is 10.1. The largest absolute Gasteiger partial charge is 0.313 e. The average molecular weight is 245 g/mol. The minimum absolute atomic E-state index is 0.280. The predicted octanol–water partition coefficient (Wildman–Crippen LogP) is 1.87. The Morgan fingerprint density at radius 2 is 1.94 bits per heavy atom. The molecule has 0 bridgehead atoms. The monoisotopic (exact) mass is 245 g/mol. The van der Waals surface area contributed by atoms with Crippen LogP contribution in [0.4, 0.5) is 0 Å². The van der Waals surface area contributed by atoms with E-state index in [0.29, 0.717) is 0 Å². The molecule has 2 rings (SSSR count). The highest BCUT2D eigenvalue weighted by Crippen LogP contribution is 2.19. The van der Waals surface area contributed by atoms with Gasteiger partial charge in [-0.25, -0.2) is 14.6 Å². The van der Waals surface area contributed by atoms with E-state index in [-0.39, 0.29) is 6.04 Å². The Morgan fingerprint density at radius 1 is 1.22 bits per heavy atom. The summed E-state index contributed by atoms with van der Waals surface area (Å²) >= 11 is 0. The number of nitrogens with zero attached hydrogens (tertiary/aromatic N) is 4. The van der Waals surface area contributed by atoms with Gasteiger partial charge >= 0.3 is 0 Å². The van der Waals surface area contributed by atoms with E-state index < -0.39 is 0 Å². The van der Waals surface area contributed by atoms with Crippen molar-refractivity contribution < 1.29 is 0 Å². The third-order valence-electron chi connectivity index (χ3n) is 3.12. The van der Waals surface area contributed by atoms with Crippen LogP contribution in [0.25, 0.3) is 5.82 Å². The quantitative estimate of drug-likeness (QED) is 0.897. The van der Waals surface area contributed by atoms with Crippen molar-refractivity contribution in [2.24, 2.45) is 0 Å². The smallest absolute Gasteiger partial charge is 0.157 e. The van der Waals surface area contributed by atoms with Gasteiger partial charge in [-0.2, -0.15) is 5.10 Å². The Balaban J connectivity index is 2.48. The number of hydrogen-bond acceptors (Lipinski definition) is 4. The molecule has 1 unspecified atom stereocenters. The lowest BCUT2D eigenvalue weighted by Gasteiger charge is -2.10. The molecular weight excluding hydrogens is 226 g/mol. The molecule has 0 saturated heterocycles. The van der Waals surface area contributed by atoms with Crippen LogP contribution in [0.2, 0.25) is 0 Å². The summed E-state index contributed by atoms with van der Waals surface area (Å²) in [4.78, 5) is 8.72. The van der Waals surface area contributed by atoms with Crippen molar-refractivity contribution in [1.29, 1.82) is 0 Å². The molecule has 1 N–H and O–H groups in total. The van der Waals surface area contributed by atoms with Crippen LogP contribution in [0.3, 0.4) is 0 Å². The van der Waals surface area contributed by atoms with Gasteiger partial charge in [0.05, 0.1) is 6.20 Å². The van der Waals surface area contributed by atoms with Gasteiger partial charge in [-0.05, 0) is 34.7 Å². The third-order valence-corrected chi connectivity index (χ3v) is 3.12. The van der Waals surface area contributed by atoms with Crippen LogP contribution in [0.1, 0.15) is 35.7 Å². The first-order chi connectivity index (χ1) is 8.52. The molecule has 0 aliphatic heterocycles. The zero-order valence-electron chi connectivity index (χ0n) is 11.5. The van der Waals surface area contributed by atoms with Crippen molar-refractivity contribution in [2.45, 2.75) is 33.7 Å². The van der Waals surface area contributed by atoms with Gasteiger partial charge in [0.25, 0.3) is 0 Å². The highest BCUT2D eigenvalue weighted by Gasteiger charge is 2.13. The second-order valence-electron chi connectivity index (χ2n) is 4.52. The van der Waals surface area contributed by atoms with Crippen molar-refractivity contribution in [3.05, 3.63) is 35.0 Å². The van der Waals surface area contributed by atoms with Crippen LogP contribution in [-0.4, -0.2) is 26.8 Å². The topological polar surface area (TPSA) is 55.6 Å². The fourth-order valence-electron chi connectivity index (χ4n) is 2.04. The van der Waals surface area contributed by atoms with Crippen molar-refractivity contribution in [3.63, 3.8) is 0 Å². The SMILES string of the molecule is CNC(C)c1cnn(-c2cc(C)nc(C)n2)c1C. The molecule has 1 atom stereocenters. The summed E-state index contributed by atoms with van der Waals surface area (Å²) in [6, 6.07) is 2.23. The molecular formula is C13H19N5. The zero-order valence-corrected chi connectivity index (χ0v) is 11.5. The molecule has 18 heavy (non-hydrogen) atoms. The van der Waals surface area contributed by atoms with Gasteiger partial charge in [-0.15, -0.1) is 0 Å². The van der Waals surface area contributed by atoms with Gasteiger partial charge in [-0.3, -0.25) is 0 Å². The van der Waals surface area contributed by atoms with E-state index in [1.165, 1.54) is 5.56 Å². The second-order valence-corrected chi connectivity index (χ2v) is 4.52. The highest BCUT2D eigenvalue weighted by atomic mass is 15.3. The zero-order chi connectivity index (χ0) is 13.3. The van der Waals surface area contributed by atoms with Gasteiger partial charge in [0, 0.05) is 29.1 Å². The molecule has 0 aliphatic rings. The molecule has 5 heteroatoms. The number of aromatic nitrogens is 4. The van der Waals surface area contributed by atoms with E-state index in [4.69, 9.17) is 0 Å². The molecule has 0 radical (unpaired) electrons. The van der Waals surface area contributed by atoms with Crippen LogP contribution < -0.4 is 5.32 Å². The van der Waals surface area contributed by atoms with E-state index in [0.717, 1.165) is 23.0 Å². The first-order valence-electron chi connectivity index (χ1n) is 6.07. The van der Waals surface area contributed by atoms with E-state index in [9.17, 15) is 0 Å². The van der Waals surface area contributed by atoms with Gasteiger partial charge in [0.15, 0.2) is 5.82 Å². The number of aryl methyl sites for hydroxylation is 2. The maximum atomic E-state index is 4.43. The fraction of sp³-hybridized carbons (Fsp3) is 0.462. The van der Waals surface area contributed by atoms with Crippen molar-refractivity contribution in [2.75, 3.05) is 7.05 Å². The summed E-state index contributed by atoms with van der Waals surface area (Å²) in [7, 11) is 1.94. The summed E-state index contributed by atoms with van der Waals surface area (Å²) in [5.41, 5.74) is 3.25.